The fraction of sp³-hybridized carbons (Fsp3) is 0.353. The number of amides is 2. The van der Waals surface area contributed by atoms with Gasteiger partial charge in [0.05, 0.1) is 5.56 Å². The Bertz CT molecular complexity index is 858. The summed E-state index contributed by atoms with van der Waals surface area (Å²) in [6.07, 6.45) is 2.43. The number of aromatic nitrogens is 1. The molecule has 0 saturated carbocycles. The summed E-state index contributed by atoms with van der Waals surface area (Å²) in [7, 11) is 0. The maximum atomic E-state index is 13.8. The number of carboxylic acid groups (broad SMARTS) is 1. The van der Waals surface area contributed by atoms with Crippen molar-refractivity contribution in [3.05, 3.63) is 39.9 Å². The van der Waals surface area contributed by atoms with Gasteiger partial charge in [-0.25, -0.2) is 18.4 Å². The van der Waals surface area contributed by atoms with Gasteiger partial charge in [-0.15, -0.1) is 0 Å². The summed E-state index contributed by atoms with van der Waals surface area (Å²) in [6.45, 7) is 0.360. The lowest BCUT2D eigenvalue weighted by Crippen LogP contribution is -2.29. The molecular formula is C17H19ClF2N4O4S. The van der Waals surface area contributed by atoms with E-state index >= 15 is 0 Å². The van der Waals surface area contributed by atoms with Crippen LogP contribution in [0, 0.1) is 11.6 Å². The molecule has 2 rings (SSSR count). The van der Waals surface area contributed by atoms with E-state index in [9.17, 15) is 23.5 Å². The van der Waals surface area contributed by atoms with Crippen LogP contribution >= 0.6 is 23.1 Å². The quantitative estimate of drug-likeness (QED) is 0.411. The van der Waals surface area contributed by atoms with Gasteiger partial charge in [0.2, 0.25) is 5.88 Å². The molecule has 0 spiro atoms. The number of urea groups is 1. The molecule has 1 heterocycles. The minimum Gasteiger partial charge on any atom is -0.477 e. The monoisotopic (exact) mass is 448 g/mol. The SMILES string of the molecule is NCCCCCNC(=O)Nc1snc(OCc2c(F)cc(Cl)cc2F)c1C(=O)O. The average Bonchev–Trinajstić information content (AvgIpc) is 3.03. The Balaban J connectivity index is 2.03. The molecular weight excluding hydrogens is 430 g/mol. The second-order valence-corrected chi connectivity index (χ2v) is 7.07. The number of aromatic carboxylic acids is 1. The van der Waals surface area contributed by atoms with Crippen LogP contribution in [0.15, 0.2) is 12.1 Å². The number of nitrogens with one attached hydrogen (secondary N) is 2. The van der Waals surface area contributed by atoms with Crippen molar-refractivity contribution < 1.29 is 28.2 Å². The zero-order valence-corrected chi connectivity index (χ0v) is 16.7. The zero-order valence-electron chi connectivity index (χ0n) is 15.1. The second kappa shape index (κ2) is 10.9. The number of hydrogen-bond donors (Lipinski definition) is 4. The highest BCUT2D eigenvalue weighted by molar-refractivity contribution is 7.11. The number of unbranched alkanes of at least 4 members (excludes halogenated alkanes) is 2. The fourth-order valence-corrected chi connectivity index (χ4v) is 3.21. The first-order valence-electron chi connectivity index (χ1n) is 8.57. The van der Waals surface area contributed by atoms with Gasteiger partial charge in [-0.3, -0.25) is 5.32 Å². The highest BCUT2D eigenvalue weighted by Crippen LogP contribution is 2.31. The van der Waals surface area contributed by atoms with Gasteiger partial charge >= 0.3 is 12.0 Å². The lowest BCUT2D eigenvalue weighted by atomic mass is 10.2. The van der Waals surface area contributed by atoms with Crippen LogP contribution < -0.4 is 21.1 Å². The fourth-order valence-electron chi connectivity index (χ4n) is 2.29. The van der Waals surface area contributed by atoms with Crippen LogP contribution in [0.2, 0.25) is 5.02 Å². The highest BCUT2D eigenvalue weighted by atomic mass is 35.5. The minimum absolute atomic E-state index is 0.0657. The van der Waals surface area contributed by atoms with E-state index in [1.807, 2.05) is 0 Å². The van der Waals surface area contributed by atoms with Gasteiger partial charge in [-0.1, -0.05) is 18.0 Å². The van der Waals surface area contributed by atoms with Crippen molar-refractivity contribution in [2.45, 2.75) is 25.9 Å². The van der Waals surface area contributed by atoms with Crippen LogP contribution in [0.5, 0.6) is 5.88 Å². The molecule has 29 heavy (non-hydrogen) atoms. The number of carboxylic acids is 1. The maximum absolute atomic E-state index is 13.8. The van der Waals surface area contributed by atoms with Crippen molar-refractivity contribution in [1.82, 2.24) is 9.69 Å². The Morgan fingerprint density at radius 3 is 2.55 bits per heavy atom. The molecule has 2 aromatic rings. The molecule has 2 amide bonds. The predicted octanol–water partition coefficient (Wildman–Crippen LogP) is 3.60. The first kappa shape index (κ1) is 22.8. The molecule has 0 bridgehead atoms. The van der Waals surface area contributed by atoms with E-state index in [-0.39, 0.29) is 15.9 Å². The first-order valence-corrected chi connectivity index (χ1v) is 9.72. The van der Waals surface area contributed by atoms with Crippen LogP contribution in [0.25, 0.3) is 0 Å². The van der Waals surface area contributed by atoms with Crippen molar-refractivity contribution in [2.24, 2.45) is 5.73 Å². The van der Waals surface area contributed by atoms with Crippen LogP contribution in [0.4, 0.5) is 18.6 Å². The summed E-state index contributed by atoms with van der Waals surface area (Å²) in [5.74, 6) is -3.65. The van der Waals surface area contributed by atoms with Gasteiger partial charge in [0, 0.05) is 11.6 Å². The number of carbonyl (C=O) groups is 2. The first-order chi connectivity index (χ1) is 13.8. The maximum Gasteiger partial charge on any atom is 0.344 e. The van der Waals surface area contributed by atoms with Gasteiger partial charge in [0.15, 0.2) is 5.56 Å². The molecule has 158 valence electrons. The van der Waals surface area contributed by atoms with Gasteiger partial charge < -0.3 is 20.9 Å². The van der Waals surface area contributed by atoms with E-state index in [0.717, 1.165) is 31.4 Å². The number of halogens is 3. The smallest absolute Gasteiger partial charge is 0.344 e. The van der Waals surface area contributed by atoms with E-state index in [4.69, 9.17) is 22.1 Å². The van der Waals surface area contributed by atoms with Crippen molar-refractivity contribution in [2.75, 3.05) is 18.4 Å². The topological polar surface area (TPSA) is 127 Å². The van der Waals surface area contributed by atoms with Crippen molar-refractivity contribution >= 4 is 40.1 Å². The summed E-state index contributed by atoms with van der Waals surface area (Å²) in [6, 6.07) is 1.21. The Morgan fingerprint density at radius 1 is 1.24 bits per heavy atom. The van der Waals surface area contributed by atoms with E-state index in [0.29, 0.717) is 24.6 Å². The Hall–Kier alpha value is -2.50. The Kier molecular flexibility index (Phi) is 8.55. The van der Waals surface area contributed by atoms with Crippen LogP contribution in [-0.4, -0.2) is 34.6 Å². The molecule has 1 aromatic heterocycles. The molecule has 1 aromatic carbocycles. The van der Waals surface area contributed by atoms with E-state index in [1.165, 1.54) is 0 Å². The number of ether oxygens (including phenoxy) is 1. The predicted molar refractivity (Wildman–Crippen MR) is 105 cm³/mol. The lowest BCUT2D eigenvalue weighted by Gasteiger charge is -2.08. The normalized spacial score (nSPS) is 10.6. The summed E-state index contributed by atoms with van der Waals surface area (Å²) in [4.78, 5) is 23.5. The Labute approximate surface area is 174 Å². The van der Waals surface area contributed by atoms with Gasteiger partial charge in [-0.2, -0.15) is 4.37 Å². The van der Waals surface area contributed by atoms with Crippen molar-refractivity contribution in [1.29, 1.82) is 0 Å². The van der Waals surface area contributed by atoms with Crippen molar-refractivity contribution in [3.63, 3.8) is 0 Å². The standard InChI is InChI=1S/C17H19ClF2N4O4S/c18-9-6-11(19)10(12(20)7-9)8-28-14-13(16(25)26)15(29-24-14)23-17(27)22-5-3-1-2-4-21/h6-7H,1-5,8,21H2,(H,25,26)(H2,22,23,27). The summed E-state index contributed by atoms with van der Waals surface area (Å²) in [5.41, 5.74) is 4.54. The molecule has 0 aliphatic carbocycles. The third kappa shape index (κ3) is 6.51. The number of hydrogen-bond acceptors (Lipinski definition) is 6. The van der Waals surface area contributed by atoms with E-state index < -0.39 is 41.4 Å². The van der Waals surface area contributed by atoms with Crippen LogP contribution in [0.1, 0.15) is 35.2 Å². The average molecular weight is 449 g/mol. The zero-order chi connectivity index (χ0) is 21.4. The Morgan fingerprint density at radius 2 is 1.93 bits per heavy atom. The van der Waals surface area contributed by atoms with Crippen LogP contribution in [0.3, 0.4) is 0 Å². The number of nitrogens with zero attached hydrogens (tertiary/aromatic N) is 1. The van der Waals surface area contributed by atoms with Gasteiger partial charge in [-0.05, 0) is 43.1 Å². The summed E-state index contributed by atoms with van der Waals surface area (Å²) >= 11 is 6.23. The van der Waals surface area contributed by atoms with Gasteiger partial charge in [0.25, 0.3) is 0 Å². The van der Waals surface area contributed by atoms with Crippen molar-refractivity contribution in [3.8, 4) is 5.88 Å². The number of rotatable bonds is 10. The van der Waals surface area contributed by atoms with Gasteiger partial charge in [0.1, 0.15) is 23.2 Å². The largest absolute Gasteiger partial charge is 0.477 e. The van der Waals surface area contributed by atoms with E-state index in [2.05, 4.69) is 15.0 Å². The number of benzene rings is 1. The third-order valence-electron chi connectivity index (χ3n) is 3.73. The number of carbonyl (C=O) groups excluding carboxylic acids is 1. The summed E-state index contributed by atoms with van der Waals surface area (Å²) < 4.78 is 36.7. The third-order valence-corrected chi connectivity index (χ3v) is 4.69. The molecule has 0 unspecified atom stereocenters. The molecule has 0 radical (unpaired) electrons. The van der Waals surface area contributed by atoms with Crippen LogP contribution in [-0.2, 0) is 6.61 Å². The minimum atomic E-state index is -1.41. The summed E-state index contributed by atoms with van der Waals surface area (Å²) in [5, 5.41) is 14.2. The second-order valence-electron chi connectivity index (χ2n) is 5.86. The number of anilines is 1. The molecule has 0 aliphatic rings. The molecule has 12 heteroatoms. The van der Waals surface area contributed by atoms with E-state index in [1.54, 1.807) is 0 Å². The molecule has 0 aliphatic heterocycles. The molecule has 0 fully saturated rings. The number of nitrogens with two attached hydrogens (primary N) is 1. The molecule has 5 N–H and O–H groups in total. The molecule has 0 saturated heterocycles. The molecule has 0 atom stereocenters. The highest BCUT2D eigenvalue weighted by Gasteiger charge is 2.24. The molecule has 8 nitrogen and oxygen atoms in total. The lowest BCUT2D eigenvalue weighted by molar-refractivity contribution is 0.0693.